The van der Waals surface area contributed by atoms with Crippen molar-refractivity contribution in [1.82, 2.24) is 14.8 Å². The Hall–Kier alpha value is -1.43. The molecular weight excluding hydrogens is 353 g/mol. The van der Waals surface area contributed by atoms with Gasteiger partial charge in [0.15, 0.2) is 16.7 Å². The molecule has 3 aromatic rings. The molecule has 2 aromatic heterocycles. The lowest BCUT2D eigenvalue weighted by Gasteiger charge is -2.01. The zero-order chi connectivity index (χ0) is 16.2. The Morgan fingerprint density at radius 3 is 2.57 bits per heavy atom. The molecule has 0 radical (unpaired) electrons. The van der Waals surface area contributed by atoms with Crippen LogP contribution in [-0.2, 0) is 7.05 Å². The summed E-state index contributed by atoms with van der Waals surface area (Å²) < 4.78 is 7.85. The first-order chi connectivity index (χ1) is 11.2. The highest BCUT2D eigenvalue weighted by Crippen LogP contribution is 2.29. The van der Waals surface area contributed by atoms with Crippen LogP contribution < -0.4 is 0 Å². The lowest BCUT2D eigenvalue weighted by molar-refractivity contribution is 0.586. The summed E-state index contributed by atoms with van der Waals surface area (Å²) in [7, 11) is 1.93. The molecule has 0 unspecified atom stereocenters. The van der Waals surface area contributed by atoms with Gasteiger partial charge < -0.3 is 8.98 Å². The van der Waals surface area contributed by atoms with Crippen molar-refractivity contribution >= 4 is 35.0 Å². The molecule has 3 rings (SSSR count). The number of thioether (sulfide) groups is 1. The van der Waals surface area contributed by atoms with Gasteiger partial charge in [0.2, 0.25) is 0 Å². The van der Waals surface area contributed by atoms with Crippen LogP contribution in [0.15, 0.2) is 46.0 Å². The third-order valence-corrected chi connectivity index (χ3v) is 4.92. The topological polar surface area (TPSA) is 43.9 Å². The molecule has 0 saturated carbocycles. The number of alkyl halides is 1. The number of benzene rings is 1. The highest BCUT2D eigenvalue weighted by atomic mass is 35.5. The van der Waals surface area contributed by atoms with E-state index in [0.717, 1.165) is 28.7 Å². The Morgan fingerprint density at radius 1 is 1.09 bits per heavy atom. The molecule has 0 N–H and O–H groups in total. The van der Waals surface area contributed by atoms with Crippen molar-refractivity contribution in [3.63, 3.8) is 0 Å². The van der Waals surface area contributed by atoms with Crippen LogP contribution in [0, 0.1) is 0 Å². The molecule has 7 heteroatoms. The quantitative estimate of drug-likeness (QED) is 0.344. The van der Waals surface area contributed by atoms with Gasteiger partial charge in [-0.1, -0.05) is 23.4 Å². The minimum absolute atomic E-state index is 0.653. The molecule has 0 saturated heterocycles. The van der Waals surface area contributed by atoms with Crippen LogP contribution in [0.5, 0.6) is 0 Å². The number of nitrogens with zero attached hydrogens (tertiary/aromatic N) is 3. The van der Waals surface area contributed by atoms with Gasteiger partial charge in [-0.15, -0.1) is 21.8 Å². The molecule has 0 aliphatic rings. The Morgan fingerprint density at radius 2 is 1.83 bits per heavy atom. The molecule has 0 bridgehead atoms. The standard InChI is InChI=1S/C16H15Cl2N3OS/c1-21-15(19-20-16(21)23-10-2-9-17)14-8-7-13(22-14)11-3-5-12(18)6-4-11/h3-8H,2,9-10H2,1H3. The van der Waals surface area contributed by atoms with Gasteiger partial charge in [0.05, 0.1) is 0 Å². The van der Waals surface area contributed by atoms with E-state index in [9.17, 15) is 0 Å². The Kier molecular flexibility index (Phi) is 5.30. The van der Waals surface area contributed by atoms with Crippen molar-refractivity contribution in [2.24, 2.45) is 7.05 Å². The average Bonchev–Trinajstić information content (AvgIpc) is 3.16. The SMILES string of the molecule is Cn1c(SCCCCl)nnc1-c1ccc(-c2ccc(Cl)cc2)o1. The maximum absolute atomic E-state index is 5.92. The monoisotopic (exact) mass is 367 g/mol. The van der Waals surface area contributed by atoms with Crippen LogP contribution in [0.1, 0.15) is 6.42 Å². The fourth-order valence-electron chi connectivity index (χ4n) is 2.10. The van der Waals surface area contributed by atoms with E-state index in [4.69, 9.17) is 27.6 Å². The maximum Gasteiger partial charge on any atom is 0.200 e. The largest absolute Gasteiger partial charge is 0.453 e. The van der Waals surface area contributed by atoms with Crippen molar-refractivity contribution in [3.05, 3.63) is 41.4 Å². The predicted molar refractivity (Wildman–Crippen MR) is 95.2 cm³/mol. The number of aromatic nitrogens is 3. The van der Waals surface area contributed by atoms with Gasteiger partial charge >= 0.3 is 0 Å². The summed E-state index contributed by atoms with van der Waals surface area (Å²) in [5, 5.41) is 10.0. The van der Waals surface area contributed by atoms with Crippen molar-refractivity contribution in [3.8, 4) is 22.9 Å². The fourth-order valence-corrected chi connectivity index (χ4v) is 3.37. The first kappa shape index (κ1) is 16.4. The van der Waals surface area contributed by atoms with E-state index < -0.39 is 0 Å². The highest BCUT2D eigenvalue weighted by molar-refractivity contribution is 7.99. The van der Waals surface area contributed by atoms with Crippen LogP contribution in [-0.4, -0.2) is 26.4 Å². The van der Waals surface area contributed by atoms with Gasteiger partial charge in [-0.25, -0.2) is 0 Å². The number of hydrogen-bond donors (Lipinski definition) is 0. The first-order valence-electron chi connectivity index (χ1n) is 7.13. The van der Waals surface area contributed by atoms with Crippen molar-refractivity contribution in [1.29, 1.82) is 0 Å². The third-order valence-electron chi connectivity index (χ3n) is 3.30. The van der Waals surface area contributed by atoms with Gasteiger partial charge in [-0.05, 0) is 42.8 Å². The second-order valence-electron chi connectivity index (χ2n) is 4.93. The van der Waals surface area contributed by atoms with E-state index in [1.165, 1.54) is 0 Å². The summed E-state index contributed by atoms with van der Waals surface area (Å²) in [6.07, 6.45) is 0.940. The molecule has 0 amide bonds. The summed E-state index contributed by atoms with van der Waals surface area (Å²) in [6.45, 7) is 0. The van der Waals surface area contributed by atoms with E-state index in [-0.39, 0.29) is 0 Å². The maximum atomic E-state index is 5.92. The first-order valence-corrected chi connectivity index (χ1v) is 9.03. The normalized spacial score (nSPS) is 11.1. The molecule has 0 fully saturated rings. The third kappa shape index (κ3) is 3.74. The van der Waals surface area contributed by atoms with Crippen LogP contribution in [0.3, 0.4) is 0 Å². The number of hydrogen-bond acceptors (Lipinski definition) is 4. The van der Waals surface area contributed by atoms with Crippen LogP contribution in [0.4, 0.5) is 0 Å². The van der Waals surface area contributed by atoms with Gasteiger partial charge in [0.1, 0.15) is 5.76 Å². The van der Waals surface area contributed by atoms with E-state index >= 15 is 0 Å². The Balaban J connectivity index is 1.81. The van der Waals surface area contributed by atoms with Crippen LogP contribution in [0.25, 0.3) is 22.9 Å². The molecule has 4 nitrogen and oxygen atoms in total. The lowest BCUT2D eigenvalue weighted by Crippen LogP contribution is -1.94. The minimum Gasteiger partial charge on any atom is -0.453 e. The molecule has 0 atom stereocenters. The molecule has 0 aliphatic carbocycles. The van der Waals surface area contributed by atoms with Gasteiger partial charge in [-0.3, -0.25) is 0 Å². The van der Waals surface area contributed by atoms with E-state index in [1.54, 1.807) is 11.8 Å². The zero-order valence-corrected chi connectivity index (χ0v) is 14.8. The summed E-state index contributed by atoms with van der Waals surface area (Å²) in [5.41, 5.74) is 0.972. The minimum atomic E-state index is 0.653. The molecule has 120 valence electrons. The second-order valence-corrected chi connectivity index (χ2v) is 6.80. The number of halogens is 2. The predicted octanol–water partition coefficient (Wildman–Crippen LogP) is 5.12. The molecule has 1 aromatic carbocycles. The van der Waals surface area contributed by atoms with Gasteiger partial charge in [0.25, 0.3) is 0 Å². The lowest BCUT2D eigenvalue weighted by atomic mass is 10.2. The summed E-state index contributed by atoms with van der Waals surface area (Å²) in [4.78, 5) is 0. The zero-order valence-electron chi connectivity index (χ0n) is 12.5. The number of furan rings is 1. The van der Waals surface area contributed by atoms with Crippen LogP contribution in [0.2, 0.25) is 5.02 Å². The highest BCUT2D eigenvalue weighted by Gasteiger charge is 2.15. The van der Waals surface area contributed by atoms with Gasteiger partial charge in [-0.2, -0.15) is 0 Å². The average molecular weight is 368 g/mol. The van der Waals surface area contributed by atoms with Crippen molar-refractivity contribution in [2.45, 2.75) is 11.6 Å². The van der Waals surface area contributed by atoms with Crippen molar-refractivity contribution < 1.29 is 4.42 Å². The summed E-state index contributed by atoms with van der Waals surface area (Å²) in [5.74, 6) is 3.74. The molecule has 0 spiro atoms. The van der Waals surface area contributed by atoms with E-state index in [1.807, 2.05) is 48.0 Å². The second kappa shape index (κ2) is 7.43. The fraction of sp³-hybridized carbons (Fsp3) is 0.250. The van der Waals surface area contributed by atoms with Crippen molar-refractivity contribution in [2.75, 3.05) is 11.6 Å². The molecular formula is C16H15Cl2N3OS. The van der Waals surface area contributed by atoms with E-state index in [0.29, 0.717) is 22.5 Å². The molecule has 0 aliphatic heterocycles. The molecule has 2 heterocycles. The smallest absolute Gasteiger partial charge is 0.200 e. The Bertz CT molecular complexity index is 783. The Labute approximate surface area is 148 Å². The number of rotatable bonds is 6. The molecule has 23 heavy (non-hydrogen) atoms. The van der Waals surface area contributed by atoms with Gasteiger partial charge in [0, 0.05) is 29.3 Å². The van der Waals surface area contributed by atoms with E-state index in [2.05, 4.69) is 10.2 Å². The summed E-state index contributed by atoms with van der Waals surface area (Å²) in [6, 6.07) is 11.4. The summed E-state index contributed by atoms with van der Waals surface area (Å²) >= 11 is 13.3. The van der Waals surface area contributed by atoms with Crippen LogP contribution >= 0.6 is 35.0 Å².